The molecule has 7 nitrogen and oxygen atoms in total. The second kappa shape index (κ2) is 8.55. The van der Waals surface area contributed by atoms with Crippen molar-refractivity contribution in [3.63, 3.8) is 0 Å². The van der Waals surface area contributed by atoms with Gasteiger partial charge in [0.25, 0.3) is 0 Å². The number of nitrogens with zero attached hydrogens (tertiary/aromatic N) is 2. The molecule has 3 N–H and O–H groups in total. The van der Waals surface area contributed by atoms with Crippen LogP contribution < -0.4 is 10.2 Å². The van der Waals surface area contributed by atoms with E-state index in [0.29, 0.717) is 31.9 Å². The lowest BCUT2D eigenvalue weighted by molar-refractivity contribution is 0.0240. The Balaban J connectivity index is 2.02. The lowest BCUT2D eigenvalue weighted by atomic mass is 10.2. The van der Waals surface area contributed by atoms with Crippen LogP contribution in [0.5, 0.6) is 0 Å². The fourth-order valence-electron chi connectivity index (χ4n) is 2.69. The molecule has 0 aromatic heterocycles. The number of hydrogen-bond acceptors (Lipinski definition) is 6. The Hall–Kier alpha value is -2.06. The molecule has 0 aliphatic carbocycles. The summed E-state index contributed by atoms with van der Waals surface area (Å²) in [5, 5.41) is 21.3. The SMILES string of the molecule is CC(C)(C)OC(=O)N1CCN(c2cccc(F)c2NCC(O)CO)CC1. The normalized spacial score (nSPS) is 16.4. The van der Waals surface area contributed by atoms with Crippen LogP contribution >= 0.6 is 0 Å². The molecule has 1 aromatic rings. The highest BCUT2D eigenvalue weighted by Gasteiger charge is 2.27. The summed E-state index contributed by atoms with van der Waals surface area (Å²) in [4.78, 5) is 15.8. The number of halogens is 1. The smallest absolute Gasteiger partial charge is 0.410 e. The maximum absolute atomic E-state index is 14.2. The van der Waals surface area contributed by atoms with E-state index in [1.54, 1.807) is 17.0 Å². The van der Waals surface area contributed by atoms with E-state index in [4.69, 9.17) is 9.84 Å². The summed E-state index contributed by atoms with van der Waals surface area (Å²) in [5.41, 5.74) is 0.409. The summed E-state index contributed by atoms with van der Waals surface area (Å²) < 4.78 is 19.6. The van der Waals surface area contributed by atoms with E-state index in [-0.39, 0.29) is 18.3 Å². The molecule has 0 radical (unpaired) electrons. The van der Waals surface area contributed by atoms with Crippen LogP contribution in [0.1, 0.15) is 20.8 Å². The Morgan fingerprint density at radius 3 is 2.54 bits per heavy atom. The monoisotopic (exact) mass is 369 g/mol. The van der Waals surface area contributed by atoms with Gasteiger partial charge in [-0.2, -0.15) is 0 Å². The van der Waals surface area contributed by atoms with Gasteiger partial charge in [0.15, 0.2) is 0 Å². The Kier molecular flexibility index (Phi) is 6.66. The van der Waals surface area contributed by atoms with Crippen molar-refractivity contribution >= 4 is 17.5 Å². The summed E-state index contributed by atoms with van der Waals surface area (Å²) in [6.07, 6.45) is -1.31. The summed E-state index contributed by atoms with van der Waals surface area (Å²) in [6.45, 7) is 7.16. The molecule has 1 amide bonds. The third kappa shape index (κ3) is 5.47. The van der Waals surface area contributed by atoms with Crippen LogP contribution in [-0.4, -0.2) is 72.2 Å². The molecule has 2 rings (SSSR count). The molecule has 0 bridgehead atoms. The first-order valence-electron chi connectivity index (χ1n) is 8.75. The summed E-state index contributed by atoms with van der Waals surface area (Å²) in [6, 6.07) is 4.76. The van der Waals surface area contributed by atoms with Gasteiger partial charge < -0.3 is 30.1 Å². The second-order valence-electron chi connectivity index (χ2n) is 7.31. The van der Waals surface area contributed by atoms with Gasteiger partial charge in [0.05, 0.1) is 24.1 Å². The maximum Gasteiger partial charge on any atom is 0.410 e. The van der Waals surface area contributed by atoms with Crippen molar-refractivity contribution < 1.29 is 24.1 Å². The minimum Gasteiger partial charge on any atom is -0.444 e. The lowest BCUT2D eigenvalue weighted by Crippen LogP contribution is -2.50. The minimum absolute atomic E-state index is 0.0440. The van der Waals surface area contributed by atoms with E-state index < -0.39 is 24.1 Å². The van der Waals surface area contributed by atoms with E-state index in [1.807, 2.05) is 25.7 Å². The van der Waals surface area contributed by atoms with Gasteiger partial charge in [0, 0.05) is 32.7 Å². The van der Waals surface area contributed by atoms with Crippen molar-refractivity contribution in [3.8, 4) is 0 Å². The molecule has 26 heavy (non-hydrogen) atoms. The molecular weight excluding hydrogens is 341 g/mol. The standard InChI is InChI=1S/C18H28FN3O4/c1-18(2,3)26-17(25)22-9-7-21(8-10-22)15-6-4-5-14(19)16(15)20-11-13(24)12-23/h4-6,13,20,23-24H,7-12H2,1-3H3. The molecule has 1 unspecified atom stereocenters. The van der Waals surface area contributed by atoms with E-state index in [1.165, 1.54) is 6.07 Å². The molecule has 1 saturated heterocycles. The number of carbonyl (C=O) groups is 1. The van der Waals surface area contributed by atoms with Crippen molar-refractivity contribution in [3.05, 3.63) is 24.0 Å². The quantitative estimate of drug-likeness (QED) is 0.732. The number of ether oxygens (including phenoxy) is 1. The Bertz CT molecular complexity index is 613. The first kappa shape index (κ1) is 20.3. The number of para-hydroxylation sites is 1. The average Bonchev–Trinajstić information content (AvgIpc) is 2.59. The number of benzene rings is 1. The van der Waals surface area contributed by atoms with Gasteiger partial charge >= 0.3 is 6.09 Å². The highest BCUT2D eigenvalue weighted by molar-refractivity contribution is 5.72. The molecule has 1 aliphatic rings. The predicted octanol–water partition coefficient (Wildman–Crippen LogP) is 1.65. The number of piperazine rings is 1. The van der Waals surface area contributed by atoms with Gasteiger partial charge in [-0.3, -0.25) is 0 Å². The summed E-state index contributed by atoms with van der Waals surface area (Å²) >= 11 is 0. The first-order valence-corrected chi connectivity index (χ1v) is 8.75. The van der Waals surface area contributed by atoms with Gasteiger partial charge in [-0.25, -0.2) is 9.18 Å². The topological polar surface area (TPSA) is 85.3 Å². The van der Waals surface area contributed by atoms with Crippen LogP contribution in [0.3, 0.4) is 0 Å². The zero-order valence-electron chi connectivity index (χ0n) is 15.5. The zero-order chi connectivity index (χ0) is 19.3. The van der Waals surface area contributed by atoms with Crippen LogP contribution in [0.15, 0.2) is 18.2 Å². The highest BCUT2D eigenvalue weighted by atomic mass is 19.1. The van der Waals surface area contributed by atoms with E-state index >= 15 is 0 Å². The van der Waals surface area contributed by atoms with Crippen molar-refractivity contribution in [2.45, 2.75) is 32.5 Å². The van der Waals surface area contributed by atoms with Crippen molar-refractivity contribution in [2.75, 3.05) is 49.5 Å². The number of hydrogen-bond donors (Lipinski definition) is 3. The molecule has 0 spiro atoms. The van der Waals surface area contributed by atoms with Crippen molar-refractivity contribution in [1.29, 1.82) is 0 Å². The molecule has 1 aliphatic heterocycles. The molecule has 1 fully saturated rings. The molecule has 0 saturated carbocycles. The fourth-order valence-corrected chi connectivity index (χ4v) is 2.69. The number of anilines is 2. The summed E-state index contributed by atoms with van der Waals surface area (Å²) in [7, 11) is 0. The van der Waals surface area contributed by atoms with Gasteiger partial charge in [-0.05, 0) is 32.9 Å². The largest absolute Gasteiger partial charge is 0.444 e. The molecule has 146 valence electrons. The zero-order valence-corrected chi connectivity index (χ0v) is 15.5. The van der Waals surface area contributed by atoms with E-state index in [9.17, 15) is 14.3 Å². The molecular formula is C18H28FN3O4. The number of aliphatic hydroxyl groups is 2. The Morgan fingerprint density at radius 1 is 1.31 bits per heavy atom. The van der Waals surface area contributed by atoms with Crippen LogP contribution in [-0.2, 0) is 4.74 Å². The van der Waals surface area contributed by atoms with Crippen molar-refractivity contribution in [1.82, 2.24) is 4.90 Å². The maximum atomic E-state index is 14.2. The number of aliphatic hydroxyl groups excluding tert-OH is 2. The number of nitrogens with one attached hydrogen (secondary N) is 1. The fraction of sp³-hybridized carbons (Fsp3) is 0.611. The van der Waals surface area contributed by atoms with Crippen LogP contribution in [0.25, 0.3) is 0 Å². The highest BCUT2D eigenvalue weighted by Crippen LogP contribution is 2.29. The van der Waals surface area contributed by atoms with E-state index in [0.717, 1.165) is 0 Å². The van der Waals surface area contributed by atoms with Crippen molar-refractivity contribution in [2.24, 2.45) is 0 Å². The number of carbonyl (C=O) groups excluding carboxylic acids is 1. The Labute approximate surface area is 153 Å². The Morgan fingerprint density at radius 2 is 1.96 bits per heavy atom. The minimum atomic E-state index is -0.966. The van der Waals surface area contributed by atoms with Gasteiger partial charge in [0.2, 0.25) is 0 Å². The van der Waals surface area contributed by atoms with Crippen LogP contribution in [0, 0.1) is 5.82 Å². The third-order valence-corrected chi connectivity index (χ3v) is 3.99. The number of rotatable bonds is 5. The predicted molar refractivity (Wildman–Crippen MR) is 98.0 cm³/mol. The van der Waals surface area contributed by atoms with Gasteiger partial charge in [-0.1, -0.05) is 6.07 Å². The average molecular weight is 369 g/mol. The number of amides is 1. The lowest BCUT2D eigenvalue weighted by Gasteiger charge is -2.37. The first-order chi connectivity index (χ1) is 12.2. The summed E-state index contributed by atoms with van der Waals surface area (Å²) in [5.74, 6) is -0.429. The second-order valence-corrected chi connectivity index (χ2v) is 7.31. The van der Waals surface area contributed by atoms with Crippen LogP contribution in [0.4, 0.5) is 20.6 Å². The third-order valence-electron chi connectivity index (χ3n) is 3.99. The molecule has 8 heteroatoms. The van der Waals surface area contributed by atoms with E-state index in [2.05, 4.69) is 5.32 Å². The molecule has 1 heterocycles. The van der Waals surface area contributed by atoms with Crippen LogP contribution in [0.2, 0.25) is 0 Å². The molecule has 1 aromatic carbocycles. The van der Waals surface area contributed by atoms with Gasteiger partial charge in [-0.15, -0.1) is 0 Å². The van der Waals surface area contributed by atoms with Gasteiger partial charge in [0.1, 0.15) is 11.4 Å². The molecule has 1 atom stereocenters.